The first kappa shape index (κ1) is 13.4. The van der Waals surface area contributed by atoms with E-state index in [0.717, 1.165) is 0 Å². The topological polar surface area (TPSA) is 0 Å². The molecule has 1 fully saturated rings. The zero-order valence-electron chi connectivity index (χ0n) is 12.7. The second-order valence-electron chi connectivity index (χ2n) is 6.38. The van der Waals surface area contributed by atoms with Gasteiger partial charge in [0.05, 0.1) is 0 Å². The van der Waals surface area contributed by atoms with E-state index in [0.29, 0.717) is 0 Å². The predicted octanol–water partition coefficient (Wildman–Crippen LogP) is 5.55. The molecular formula is C20H24. The molecule has 1 aliphatic rings. The third-order valence-corrected chi connectivity index (χ3v) is 4.85. The third-order valence-electron chi connectivity index (χ3n) is 4.85. The number of aryl methyl sites for hydroxylation is 2. The molecule has 0 nitrogen and oxygen atoms in total. The van der Waals surface area contributed by atoms with Crippen LogP contribution >= 0.6 is 0 Å². The van der Waals surface area contributed by atoms with Crippen molar-refractivity contribution in [2.45, 2.75) is 51.4 Å². The second-order valence-corrected chi connectivity index (χ2v) is 6.38. The van der Waals surface area contributed by atoms with Crippen molar-refractivity contribution < 1.29 is 0 Å². The Labute approximate surface area is 122 Å². The zero-order valence-corrected chi connectivity index (χ0v) is 12.7. The van der Waals surface area contributed by atoms with E-state index in [1.54, 1.807) is 0 Å². The average molecular weight is 264 g/mol. The van der Waals surface area contributed by atoms with Crippen molar-refractivity contribution in [1.82, 2.24) is 0 Å². The summed E-state index contributed by atoms with van der Waals surface area (Å²) in [5.41, 5.74) is 6.03. The Balaban J connectivity index is 2.13. The molecule has 104 valence electrons. The summed E-state index contributed by atoms with van der Waals surface area (Å²) < 4.78 is 0. The van der Waals surface area contributed by atoms with Gasteiger partial charge in [-0.3, -0.25) is 0 Å². The first-order chi connectivity index (χ1) is 9.71. The molecule has 0 radical (unpaired) electrons. The maximum Gasteiger partial charge on any atom is 0.0203 e. The van der Waals surface area contributed by atoms with Gasteiger partial charge in [-0.1, -0.05) is 78.9 Å². The lowest BCUT2D eigenvalue weighted by Crippen LogP contribution is -2.30. The minimum Gasteiger partial charge on any atom is -0.0617 e. The van der Waals surface area contributed by atoms with E-state index < -0.39 is 0 Å². The SMILES string of the molecule is Cc1cccc(C2(c3cccc(C)c3)CCCCC2)c1. The Morgan fingerprint density at radius 3 is 1.65 bits per heavy atom. The normalized spacial score (nSPS) is 17.9. The van der Waals surface area contributed by atoms with Crippen molar-refractivity contribution in [2.75, 3.05) is 0 Å². The molecule has 2 aromatic carbocycles. The zero-order chi connectivity index (χ0) is 14.0. The Morgan fingerprint density at radius 1 is 0.700 bits per heavy atom. The summed E-state index contributed by atoms with van der Waals surface area (Å²) in [4.78, 5) is 0. The lowest BCUT2D eigenvalue weighted by Gasteiger charge is -2.39. The van der Waals surface area contributed by atoms with Gasteiger partial charge < -0.3 is 0 Å². The monoisotopic (exact) mass is 264 g/mol. The maximum absolute atomic E-state index is 2.40. The van der Waals surface area contributed by atoms with Crippen molar-refractivity contribution in [3.63, 3.8) is 0 Å². The molecule has 2 aromatic rings. The van der Waals surface area contributed by atoms with E-state index in [4.69, 9.17) is 0 Å². The van der Waals surface area contributed by atoms with Crippen LogP contribution in [0.2, 0.25) is 0 Å². The summed E-state index contributed by atoms with van der Waals surface area (Å²) in [5.74, 6) is 0. The molecule has 0 N–H and O–H groups in total. The van der Waals surface area contributed by atoms with Gasteiger partial charge in [-0.15, -0.1) is 0 Å². The van der Waals surface area contributed by atoms with Crippen LogP contribution in [0.25, 0.3) is 0 Å². The van der Waals surface area contributed by atoms with Crippen molar-refractivity contribution in [2.24, 2.45) is 0 Å². The third kappa shape index (κ3) is 2.40. The van der Waals surface area contributed by atoms with Crippen LogP contribution in [0.3, 0.4) is 0 Å². The summed E-state index contributed by atoms with van der Waals surface area (Å²) in [7, 11) is 0. The van der Waals surface area contributed by atoms with Gasteiger partial charge in [-0.2, -0.15) is 0 Å². The van der Waals surface area contributed by atoms with Gasteiger partial charge in [0.2, 0.25) is 0 Å². The Hall–Kier alpha value is -1.56. The fourth-order valence-electron chi connectivity index (χ4n) is 3.78. The molecule has 0 amide bonds. The molecule has 0 unspecified atom stereocenters. The minimum absolute atomic E-state index is 0.246. The minimum atomic E-state index is 0.246. The highest BCUT2D eigenvalue weighted by Crippen LogP contribution is 2.45. The van der Waals surface area contributed by atoms with Crippen LogP contribution in [0.1, 0.15) is 54.4 Å². The molecule has 1 saturated carbocycles. The molecule has 0 aliphatic heterocycles. The van der Waals surface area contributed by atoms with Crippen molar-refractivity contribution >= 4 is 0 Å². The fraction of sp³-hybridized carbons (Fsp3) is 0.400. The van der Waals surface area contributed by atoms with Crippen LogP contribution in [0.15, 0.2) is 48.5 Å². The highest BCUT2D eigenvalue weighted by atomic mass is 14.4. The first-order valence-corrected chi connectivity index (χ1v) is 7.85. The standard InChI is InChI=1S/C20H24/c1-16-8-6-10-18(14-16)20(12-4-3-5-13-20)19-11-7-9-17(2)15-19/h6-11,14-15H,3-5,12-13H2,1-2H3. The van der Waals surface area contributed by atoms with Gasteiger partial charge in [0.15, 0.2) is 0 Å². The van der Waals surface area contributed by atoms with E-state index in [1.165, 1.54) is 54.4 Å². The van der Waals surface area contributed by atoms with E-state index in [-0.39, 0.29) is 5.41 Å². The maximum atomic E-state index is 2.40. The number of hydrogen-bond donors (Lipinski definition) is 0. The Bertz CT molecular complexity index is 541. The predicted molar refractivity (Wildman–Crippen MR) is 86.2 cm³/mol. The number of hydrogen-bond acceptors (Lipinski definition) is 0. The smallest absolute Gasteiger partial charge is 0.0203 e. The molecular weight excluding hydrogens is 240 g/mol. The number of benzene rings is 2. The van der Waals surface area contributed by atoms with Crippen LogP contribution in [-0.2, 0) is 5.41 Å². The lowest BCUT2D eigenvalue weighted by atomic mass is 9.65. The van der Waals surface area contributed by atoms with Gasteiger partial charge in [0.25, 0.3) is 0 Å². The molecule has 20 heavy (non-hydrogen) atoms. The van der Waals surface area contributed by atoms with Crippen LogP contribution in [0.5, 0.6) is 0 Å². The Morgan fingerprint density at radius 2 is 1.20 bits per heavy atom. The molecule has 0 heterocycles. The van der Waals surface area contributed by atoms with E-state index in [9.17, 15) is 0 Å². The summed E-state index contributed by atoms with van der Waals surface area (Å²) in [6.45, 7) is 4.41. The highest BCUT2D eigenvalue weighted by Gasteiger charge is 2.35. The molecule has 0 spiro atoms. The van der Waals surface area contributed by atoms with Crippen LogP contribution in [0.4, 0.5) is 0 Å². The first-order valence-electron chi connectivity index (χ1n) is 7.85. The Kier molecular flexibility index (Phi) is 3.65. The molecule has 0 bridgehead atoms. The average Bonchev–Trinajstić information content (AvgIpc) is 2.48. The van der Waals surface area contributed by atoms with Gasteiger partial charge in [0.1, 0.15) is 0 Å². The largest absolute Gasteiger partial charge is 0.0617 e. The molecule has 3 rings (SSSR count). The summed E-state index contributed by atoms with van der Waals surface area (Å²) in [5, 5.41) is 0. The van der Waals surface area contributed by atoms with E-state index in [1.807, 2.05) is 0 Å². The molecule has 0 heteroatoms. The van der Waals surface area contributed by atoms with Crippen molar-refractivity contribution in [1.29, 1.82) is 0 Å². The van der Waals surface area contributed by atoms with Crippen molar-refractivity contribution in [3.05, 3.63) is 70.8 Å². The summed E-state index contributed by atoms with van der Waals surface area (Å²) in [6.07, 6.45) is 6.67. The van der Waals surface area contributed by atoms with Crippen LogP contribution in [0, 0.1) is 13.8 Å². The van der Waals surface area contributed by atoms with Crippen LogP contribution < -0.4 is 0 Å². The molecule has 1 aliphatic carbocycles. The molecule has 0 saturated heterocycles. The highest BCUT2D eigenvalue weighted by molar-refractivity contribution is 5.42. The second kappa shape index (κ2) is 5.44. The molecule has 0 atom stereocenters. The van der Waals surface area contributed by atoms with Crippen molar-refractivity contribution in [3.8, 4) is 0 Å². The van der Waals surface area contributed by atoms with Crippen LogP contribution in [-0.4, -0.2) is 0 Å². The van der Waals surface area contributed by atoms with Gasteiger partial charge in [-0.25, -0.2) is 0 Å². The number of rotatable bonds is 2. The van der Waals surface area contributed by atoms with Gasteiger partial charge >= 0.3 is 0 Å². The summed E-state index contributed by atoms with van der Waals surface area (Å²) in [6, 6.07) is 18.3. The summed E-state index contributed by atoms with van der Waals surface area (Å²) >= 11 is 0. The molecule has 0 aromatic heterocycles. The fourth-order valence-corrected chi connectivity index (χ4v) is 3.78. The van der Waals surface area contributed by atoms with Gasteiger partial charge in [0, 0.05) is 5.41 Å². The van der Waals surface area contributed by atoms with Gasteiger partial charge in [-0.05, 0) is 37.8 Å². The quantitative estimate of drug-likeness (QED) is 0.666. The van der Waals surface area contributed by atoms with E-state index in [2.05, 4.69) is 62.4 Å². The lowest BCUT2D eigenvalue weighted by molar-refractivity contribution is 0.346. The van der Waals surface area contributed by atoms with E-state index >= 15 is 0 Å².